The molecule has 1 heterocycles. The Hall–Kier alpha value is -1.35. The lowest BCUT2D eigenvalue weighted by atomic mass is 9.98. The number of aliphatic hydroxyl groups excluding tert-OH is 1. The molecule has 0 aliphatic carbocycles. The summed E-state index contributed by atoms with van der Waals surface area (Å²) in [6.07, 6.45) is 2.82. The smallest absolute Gasteiger partial charge is 0.232 e. The third-order valence-corrected chi connectivity index (χ3v) is 3.12. The Labute approximate surface area is 96.4 Å². The van der Waals surface area contributed by atoms with Gasteiger partial charge in [-0.15, -0.1) is 0 Å². The highest BCUT2D eigenvalue weighted by molar-refractivity contribution is 5.49. The van der Waals surface area contributed by atoms with Gasteiger partial charge in [0.25, 0.3) is 0 Å². The SMILES string of the molecule is Cc1ccccc1C(CCO)[N+]1=CNCC1. The summed E-state index contributed by atoms with van der Waals surface area (Å²) in [4.78, 5) is 0. The Kier molecular flexibility index (Phi) is 3.57. The summed E-state index contributed by atoms with van der Waals surface area (Å²) in [5, 5.41) is 12.4. The second kappa shape index (κ2) is 5.12. The zero-order valence-corrected chi connectivity index (χ0v) is 9.69. The Morgan fingerprint density at radius 3 is 2.88 bits per heavy atom. The minimum atomic E-state index is 0.226. The molecule has 0 fully saturated rings. The van der Waals surface area contributed by atoms with Crippen LogP contribution >= 0.6 is 0 Å². The number of aliphatic hydroxyl groups is 1. The van der Waals surface area contributed by atoms with Crippen LogP contribution in [0, 0.1) is 6.92 Å². The van der Waals surface area contributed by atoms with Gasteiger partial charge in [-0.05, 0) is 18.1 Å². The van der Waals surface area contributed by atoms with Gasteiger partial charge < -0.3 is 5.11 Å². The van der Waals surface area contributed by atoms with Crippen LogP contribution in [0.2, 0.25) is 0 Å². The van der Waals surface area contributed by atoms with Crippen LogP contribution in [0.25, 0.3) is 0 Å². The highest BCUT2D eigenvalue weighted by Crippen LogP contribution is 2.24. The molecule has 1 aliphatic heterocycles. The van der Waals surface area contributed by atoms with E-state index in [9.17, 15) is 5.11 Å². The van der Waals surface area contributed by atoms with Crippen LogP contribution in [-0.4, -0.2) is 35.7 Å². The molecular formula is C13H19N2O+. The van der Waals surface area contributed by atoms with Crippen molar-refractivity contribution < 1.29 is 9.68 Å². The predicted octanol–water partition coefficient (Wildman–Crippen LogP) is 1.06. The van der Waals surface area contributed by atoms with Gasteiger partial charge in [-0.2, -0.15) is 0 Å². The first-order valence-electron chi connectivity index (χ1n) is 5.82. The van der Waals surface area contributed by atoms with Gasteiger partial charge in [0, 0.05) is 13.0 Å². The molecule has 0 spiro atoms. The van der Waals surface area contributed by atoms with Crippen molar-refractivity contribution in [2.45, 2.75) is 19.4 Å². The first kappa shape index (κ1) is 11.1. The lowest BCUT2D eigenvalue weighted by Crippen LogP contribution is -2.20. The van der Waals surface area contributed by atoms with Crippen LogP contribution in [0.4, 0.5) is 0 Å². The Morgan fingerprint density at radius 2 is 2.25 bits per heavy atom. The summed E-state index contributed by atoms with van der Waals surface area (Å²) < 4.78 is 2.28. The minimum Gasteiger partial charge on any atom is -0.396 e. The van der Waals surface area contributed by atoms with Crippen LogP contribution in [0.15, 0.2) is 24.3 Å². The van der Waals surface area contributed by atoms with Crippen molar-refractivity contribution >= 4 is 6.34 Å². The molecule has 0 saturated heterocycles. The highest BCUT2D eigenvalue weighted by Gasteiger charge is 2.23. The lowest BCUT2D eigenvalue weighted by Gasteiger charge is -2.17. The number of hydrogen-bond acceptors (Lipinski definition) is 2. The van der Waals surface area contributed by atoms with Crippen LogP contribution in [0.1, 0.15) is 23.6 Å². The largest absolute Gasteiger partial charge is 0.396 e. The lowest BCUT2D eigenvalue weighted by molar-refractivity contribution is -0.561. The molecule has 0 radical (unpaired) electrons. The van der Waals surface area contributed by atoms with Crippen molar-refractivity contribution in [1.29, 1.82) is 0 Å². The second-order valence-electron chi connectivity index (χ2n) is 4.21. The van der Waals surface area contributed by atoms with Crippen LogP contribution in [0.5, 0.6) is 0 Å². The molecule has 2 rings (SSSR count). The van der Waals surface area contributed by atoms with E-state index in [1.54, 1.807) is 0 Å². The summed E-state index contributed by atoms with van der Waals surface area (Å²) in [6, 6.07) is 8.70. The van der Waals surface area contributed by atoms with E-state index in [0.29, 0.717) is 6.04 Å². The first-order valence-corrected chi connectivity index (χ1v) is 5.82. The van der Waals surface area contributed by atoms with Crippen molar-refractivity contribution in [3.8, 4) is 0 Å². The van der Waals surface area contributed by atoms with E-state index < -0.39 is 0 Å². The normalized spacial score (nSPS) is 16.8. The van der Waals surface area contributed by atoms with Gasteiger partial charge in [0.1, 0.15) is 19.1 Å². The first-order chi connectivity index (χ1) is 7.83. The monoisotopic (exact) mass is 219 g/mol. The van der Waals surface area contributed by atoms with Gasteiger partial charge >= 0.3 is 0 Å². The van der Waals surface area contributed by atoms with Crippen molar-refractivity contribution in [3.05, 3.63) is 35.4 Å². The maximum Gasteiger partial charge on any atom is 0.232 e. The van der Waals surface area contributed by atoms with Crippen LogP contribution < -0.4 is 5.32 Å². The molecular weight excluding hydrogens is 200 g/mol. The minimum absolute atomic E-state index is 0.226. The van der Waals surface area contributed by atoms with Gasteiger partial charge in [-0.25, -0.2) is 0 Å². The number of benzene rings is 1. The maximum absolute atomic E-state index is 9.19. The van der Waals surface area contributed by atoms with E-state index in [-0.39, 0.29) is 6.61 Å². The zero-order valence-electron chi connectivity index (χ0n) is 9.69. The molecule has 3 nitrogen and oxygen atoms in total. The third-order valence-electron chi connectivity index (χ3n) is 3.12. The third kappa shape index (κ3) is 2.25. The van der Waals surface area contributed by atoms with Gasteiger partial charge in [0.2, 0.25) is 6.34 Å². The number of aryl methyl sites for hydroxylation is 1. The van der Waals surface area contributed by atoms with Crippen molar-refractivity contribution in [3.63, 3.8) is 0 Å². The molecule has 0 amide bonds. The van der Waals surface area contributed by atoms with Crippen LogP contribution in [0.3, 0.4) is 0 Å². The molecule has 1 aromatic carbocycles. The van der Waals surface area contributed by atoms with E-state index >= 15 is 0 Å². The summed E-state index contributed by atoms with van der Waals surface area (Å²) in [5.74, 6) is 0. The molecule has 86 valence electrons. The molecule has 2 N–H and O–H groups in total. The quantitative estimate of drug-likeness (QED) is 0.743. The van der Waals surface area contributed by atoms with E-state index in [1.165, 1.54) is 11.1 Å². The average Bonchev–Trinajstić information content (AvgIpc) is 2.80. The molecule has 0 bridgehead atoms. The van der Waals surface area contributed by atoms with Crippen molar-refractivity contribution in [2.75, 3.05) is 19.7 Å². The van der Waals surface area contributed by atoms with Gasteiger partial charge in [0.15, 0.2) is 0 Å². The molecule has 3 heteroatoms. The molecule has 1 aromatic rings. The average molecular weight is 219 g/mol. The summed E-state index contributed by atoms with van der Waals surface area (Å²) in [6.45, 7) is 4.36. The van der Waals surface area contributed by atoms with Gasteiger partial charge in [0.05, 0.1) is 0 Å². The summed E-state index contributed by atoms with van der Waals surface area (Å²) >= 11 is 0. The van der Waals surface area contributed by atoms with E-state index in [2.05, 4.69) is 41.1 Å². The maximum atomic E-state index is 9.19. The molecule has 0 saturated carbocycles. The van der Waals surface area contributed by atoms with E-state index in [0.717, 1.165) is 19.5 Å². The van der Waals surface area contributed by atoms with Gasteiger partial charge in [-0.1, -0.05) is 24.3 Å². The highest BCUT2D eigenvalue weighted by atomic mass is 16.3. The van der Waals surface area contributed by atoms with Gasteiger partial charge in [-0.3, -0.25) is 9.89 Å². The number of rotatable bonds is 4. The van der Waals surface area contributed by atoms with Crippen molar-refractivity contribution in [2.24, 2.45) is 0 Å². The van der Waals surface area contributed by atoms with Crippen molar-refractivity contribution in [1.82, 2.24) is 5.32 Å². The van der Waals surface area contributed by atoms with Crippen LogP contribution in [-0.2, 0) is 0 Å². The molecule has 0 aromatic heterocycles. The van der Waals surface area contributed by atoms with E-state index in [4.69, 9.17) is 0 Å². The molecule has 1 unspecified atom stereocenters. The second-order valence-corrected chi connectivity index (χ2v) is 4.21. The summed E-state index contributed by atoms with van der Waals surface area (Å²) in [7, 11) is 0. The molecule has 16 heavy (non-hydrogen) atoms. The molecule has 1 atom stereocenters. The predicted molar refractivity (Wildman–Crippen MR) is 64.8 cm³/mol. The standard InChI is InChI=1S/C13H18N2O/c1-11-4-2-3-5-12(11)13(6-9-16)15-8-7-14-10-15/h2-5,10,13,16H,6-9H2,1H3/p+1. The fraction of sp³-hybridized carbons (Fsp3) is 0.462. The Balaban J connectivity index is 2.28. The Morgan fingerprint density at radius 1 is 1.44 bits per heavy atom. The molecule has 1 aliphatic rings. The number of nitrogens with zero attached hydrogens (tertiary/aromatic N) is 1. The number of hydrogen-bond donors (Lipinski definition) is 2. The van der Waals surface area contributed by atoms with E-state index in [1.807, 2.05) is 6.34 Å². The zero-order chi connectivity index (χ0) is 11.4. The fourth-order valence-electron chi connectivity index (χ4n) is 2.27. The Bertz CT molecular complexity index is 387. The summed E-state index contributed by atoms with van der Waals surface area (Å²) in [5.41, 5.74) is 2.61. The fourth-order valence-corrected chi connectivity index (χ4v) is 2.27. The number of nitrogens with one attached hydrogen (secondary N) is 1. The topological polar surface area (TPSA) is 35.3 Å².